The number of nitrogens with one attached hydrogen (secondary N) is 1. The number of nitrogens with zero attached hydrogens (tertiary/aromatic N) is 2. The number of carbonyl (C=O) groups is 1. The van der Waals surface area contributed by atoms with Crippen LogP contribution in [0.25, 0.3) is 0 Å². The van der Waals surface area contributed by atoms with Crippen LogP contribution >= 0.6 is 22.7 Å². The van der Waals surface area contributed by atoms with Crippen LogP contribution in [0.5, 0.6) is 0 Å². The number of hydrogen-bond donors (Lipinski definition) is 2. The highest BCUT2D eigenvalue weighted by Crippen LogP contribution is 2.26. The van der Waals surface area contributed by atoms with Gasteiger partial charge in [0.2, 0.25) is 0 Å². The Morgan fingerprint density at radius 1 is 1.58 bits per heavy atom. The molecule has 0 saturated carbocycles. The molecule has 0 unspecified atom stereocenters. The number of rotatable bonds is 5. The predicted octanol–water partition coefficient (Wildman–Crippen LogP) is 2.49. The van der Waals surface area contributed by atoms with Gasteiger partial charge in [-0.3, -0.25) is 4.79 Å². The molecule has 2 rings (SSSR count). The molecule has 0 radical (unpaired) electrons. The quantitative estimate of drug-likeness (QED) is 0.889. The van der Waals surface area contributed by atoms with Gasteiger partial charge in [0.15, 0.2) is 5.13 Å². The topological polar surface area (TPSA) is 71.2 Å². The maximum absolute atomic E-state index is 12.3. The third-order valence-electron chi connectivity index (χ3n) is 2.50. The monoisotopic (exact) mass is 296 g/mol. The van der Waals surface area contributed by atoms with Crippen LogP contribution in [0.2, 0.25) is 0 Å². The van der Waals surface area contributed by atoms with Crippen LogP contribution in [-0.4, -0.2) is 29.4 Å². The fourth-order valence-electron chi connectivity index (χ4n) is 1.59. The van der Waals surface area contributed by atoms with Crippen molar-refractivity contribution in [2.45, 2.75) is 13.5 Å². The van der Waals surface area contributed by atoms with Crippen molar-refractivity contribution in [1.82, 2.24) is 9.88 Å². The molecular formula is C12H16N4OS2. The summed E-state index contributed by atoms with van der Waals surface area (Å²) in [5.41, 5.74) is 5.80. The molecule has 19 heavy (non-hydrogen) atoms. The van der Waals surface area contributed by atoms with E-state index in [-0.39, 0.29) is 5.91 Å². The summed E-state index contributed by atoms with van der Waals surface area (Å²) in [6.07, 6.45) is 0. The number of anilines is 2. The van der Waals surface area contributed by atoms with Gasteiger partial charge in [-0.15, -0.1) is 11.3 Å². The zero-order valence-corrected chi connectivity index (χ0v) is 12.5. The zero-order valence-electron chi connectivity index (χ0n) is 10.8. The molecule has 102 valence electrons. The average molecular weight is 296 g/mol. The van der Waals surface area contributed by atoms with E-state index in [2.05, 4.69) is 10.3 Å². The molecule has 0 aliphatic heterocycles. The van der Waals surface area contributed by atoms with E-state index < -0.39 is 0 Å². The molecule has 0 saturated heterocycles. The molecule has 2 heterocycles. The predicted molar refractivity (Wildman–Crippen MR) is 80.8 cm³/mol. The molecule has 2 aromatic rings. The second-order valence-corrected chi connectivity index (χ2v) is 6.04. The van der Waals surface area contributed by atoms with Crippen LogP contribution in [0.1, 0.15) is 21.5 Å². The van der Waals surface area contributed by atoms with Crippen molar-refractivity contribution in [2.24, 2.45) is 0 Å². The highest BCUT2D eigenvalue weighted by molar-refractivity contribution is 7.18. The van der Waals surface area contributed by atoms with Gasteiger partial charge >= 0.3 is 0 Å². The Bertz CT molecular complexity index is 550. The van der Waals surface area contributed by atoms with Crippen molar-refractivity contribution in [3.8, 4) is 0 Å². The second kappa shape index (κ2) is 6.03. The Balaban J connectivity index is 2.10. The highest BCUT2D eigenvalue weighted by atomic mass is 32.1. The largest absolute Gasteiger partial charge is 0.382 e. The summed E-state index contributed by atoms with van der Waals surface area (Å²) in [5, 5.41) is 5.75. The summed E-state index contributed by atoms with van der Waals surface area (Å²) in [7, 11) is 1.77. The molecule has 0 bridgehead atoms. The SMILES string of the molecule is CCNc1nc(N)c(C(=O)N(C)Cc2cccs2)s1. The molecule has 7 heteroatoms. The maximum atomic E-state index is 12.3. The van der Waals surface area contributed by atoms with Gasteiger partial charge in [0.25, 0.3) is 5.91 Å². The first-order valence-corrected chi connectivity index (χ1v) is 7.59. The van der Waals surface area contributed by atoms with Crippen LogP contribution in [0.3, 0.4) is 0 Å². The minimum Gasteiger partial charge on any atom is -0.382 e. The molecule has 0 aromatic carbocycles. The number of hydrogen-bond acceptors (Lipinski definition) is 6. The summed E-state index contributed by atoms with van der Waals surface area (Å²) in [4.78, 5) is 19.7. The first-order valence-electron chi connectivity index (χ1n) is 5.89. The Labute approximate surface area is 120 Å². The smallest absolute Gasteiger partial charge is 0.267 e. The average Bonchev–Trinajstić information content (AvgIpc) is 2.99. The molecule has 0 atom stereocenters. The number of nitrogens with two attached hydrogens (primary N) is 1. The van der Waals surface area contributed by atoms with E-state index in [0.29, 0.717) is 22.4 Å². The second-order valence-electron chi connectivity index (χ2n) is 4.00. The van der Waals surface area contributed by atoms with E-state index in [0.717, 1.165) is 11.4 Å². The molecule has 0 aliphatic rings. The molecule has 2 aromatic heterocycles. The van der Waals surface area contributed by atoms with E-state index in [1.165, 1.54) is 11.3 Å². The molecule has 3 N–H and O–H groups in total. The number of nitrogen functional groups attached to an aromatic ring is 1. The number of thiazole rings is 1. The van der Waals surface area contributed by atoms with E-state index in [1.807, 2.05) is 24.4 Å². The van der Waals surface area contributed by atoms with Crippen molar-refractivity contribution in [3.05, 3.63) is 27.3 Å². The summed E-state index contributed by atoms with van der Waals surface area (Å²) in [6, 6.07) is 3.98. The Kier molecular flexibility index (Phi) is 4.39. The van der Waals surface area contributed by atoms with Gasteiger partial charge in [-0.25, -0.2) is 4.98 Å². The lowest BCUT2D eigenvalue weighted by Gasteiger charge is -2.15. The van der Waals surface area contributed by atoms with Crippen LogP contribution in [0.15, 0.2) is 17.5 Å². The highest BCUT2D eigenvalue weighted by Gasteiger charge is 2.19. The van der Waals surface area contributed by atoms with Gasteiger partial charge in [0.05, 0.1) is 6.54 Å². The van der Waals surface area contributed by atoms with Gasteiger partial charge in [0, 0.05) is 18.5 Å². The summed E-state index contributed by atoms with van der Waals surface area (Å²) in [5.74, 6) is 0.205. The normalized spacial score (nSPS) is 10.4. The van der Waals surface area contributed by atoms with Crippen LogP contribution in [-0.2, 0) is 6.54 Å². The molecular weight excluding hydrogens is 280 g/mol. The lowest BCUT2D eigenvalue weighted by molar-refractivity contribution is 0.0792. The minimum atomic E-state index is -0.0902. The van der Waals surface area contributed by atoms with Gasteiger partial charge in [0.1, 0.15) is 10.7 Å². The lowest BCUT2D eigenvalue weighted by Crippen LogP contribution is -2.25. The Hall–Kier alpha value is -1.60. The van der Waals surface area contributed by atoms with Gasteiger partial charge in [-0.2, -0.15) is 0 Å². The number of amides is 1. The Morgan fingerprint density at radius 3 is 3.00 bits per heavy atom. The minimum absolute atomic E-state index is 0.0902. The van der Waals surface area contributed by atoms with E-state index >= 15 is 0 Å². The van der Waals surface area contributed by atoms with Crippen molar-refractivity contribution in [3.63, 3.8) is 0 Å². The van der Waals surface area contributed by atoms with Crippen LogP contribution < -0.4 is 11.1 Å². The van der Waals surface area contributed by atoms with E-state index in [9.17, 15) is 4.79 Å². The zero-order chi connectivity index (χ0) is 13.8. The van der Waals surface area contributed by atoms with Crippen molar-refractivity contribution < 1.29 is 4.79 Å². The molecule has 0 spiro atoms. The summed E-state index contributed by atoms with van der Waals surface area (Å²) in [6.45, 7) is 3.32. The third kappa shape index (κ3) is 3.24. The standard InChI is InChI=1S/C12H16N4OS2/c1-3-14-12-15-10(13)9(19-12)11(17)16(2)7-8-5-4-6-18-8/h4-6H,3,7,13H2,1-2H3,(H,14,15). The van der Waals surface area contributed by atoms with Crippen LogP contribution in [0.4, 0.5) is 10.9 Å². The van der Waals surface area contributed by atoms with Gasteiger partial charge < -0.3 is 16.0 Å². The fraction of sp³-hybridized carbons (Fsp3) is 0.333. The van der Waals surface area contributed by atoms with Gasteiger partial charge in [-0.1, -0.05) is 17.4 Å². The van der Waals surface area contributed by atoms with Gasteiger partial charge in [-0.05, 0) is 18.4 Å². The van der Waals surface area contributed by atoms with Crippen molar-refractivity contribution in [1.29, 1.82) is 0 Å². The molecule has 1 amide bonds. The third-order valence-corrected chi connectivity index (χ3v) is 4.37. The number of carbonyl (C=O) groups excluding carboxylic acids is 1. The molecule has 5 nitrogen and oxygen atoms in total. The number of aromatic nitrogens is 1. The summed E-state index contributed by atoms with van der Waals surface area (Å²) < 4.78 is 0. The van der Waals surface area contributed by atoms with Crippen LogP contribution in [0, 0.1) is 0 Å². The summed E-state index contributed by atoms with van der Waals surface area (Å²) >= 11 is 2.93. The number of thiophene rings is 1. The first kappa shape index (κ1) is 13.8. The maximum Gasteiger partial charge on any atom is 0.267 e. The van der Waals surface area contributed by atoms with E-state index in [1.54, 1.807) is 23.3 Å². The fourth-order valence-corrected chi connectivity index (χ4v) is 3.30. The first-order chi connectivity index (χ1) is 9.11. The van der Waals surface area contributed by atoms with Crippen molar-refractivity contribution in [2.75, 3.05) is 24.6 Å². The molecule has 0 fully saturated rings. The Morgan fingerprint density at radius 2 is 2.37 bits per heavy atom. The van der Waals surface area contributed by atoms with E-state index in [4.69, 9.17) is 5.73 Å². The van der Waals surface area contributed by atoms with Crippen molar-refractivity contribution >= 4 is 39.5 Å². The lowest BCUT2D eigenvalue weighted by atomic mass is 10.4. The molecule has 0 aliphatic carbocycles.